The van der Waals surface area contributed by atoms with Gasteiger partial charge >= 0.3 is 0 Å². The van der Waals surface area contributed by atoms with E-state index in [1.807, 2.05) is 0 Å². The summed E-state index contributed by atoms with van der Waals surface area (Å²) >= 11 is 1.61. The molecule has 1 amide bonds. The summed E-state index contributed by atoms with van der Waals surface area (Å²) in [7, 11) is -1.31. The molecule has 0 bridgehead atoms. The minimum absolute atomic E-state index is 0. The van der Waals surface area contributed by atoms with E-state index in [4.69, 9.17) is 0 Å². The molecule has 1 unspecified atom stereocenters. The van der Waals surface area contributed by atoms with E-state index >= 15 is 0 Å². The van der Waals surface area contributed by atoms with E-state index in [2.05, 4.69) is 45.2 Å². The van der Waals surface area contributed by atoms with E-state index in [-0.39, 0.29) is 53.9 Å². The van der Waals surface area contributed by atoms with Gasteiger partial charge in [0.15, 0.2) is 15.8 Å². The van der Waals surface area contributed by atoms with Gasteiger partial charge in [-0.2, -0.15) is 0 Å². The number of halogens is 1. The van der Waals surface area contributed by atoms with Gasteiger partial charge in [-0.05, 0) is 12.3 Å². The Kier molecular flexibility index (Phi) is 9.95. The lowest BCUT2D eigenvalue weighted by Gasteiger charge is -2.13. The maximum Gasteiger partial charge on any atom is 0.222 e. The summed E-state index contributed by atoms with van der Waals surface area (Å²) < 4.78 is 22.8. The minimum Gasteiger partial charge on any atom is -0.356 e. The Balaban J connectivity index is 0.00000364. The second-order valence-corrected chi connectivity index (χ2v) is 9.76. The number of amides is 1. The quantitative estimate of drug-likeness (QED) is 0.279. The normalized spacial score (nSPS) is 18.8. The first kappa shape index (κ1) is 24.1. The molecular weight excluding hydrogens is 501 g/mol. The number of nitrogens with one attached hydrogen (secondary N) is 3. The molecule has 11 heteroatoms. The molecule has 154 valence electrons. The Morgan fingerprint density at radius 1 is 1.41 bits per heavy atom. The van der Waals surface area contributed by atoms with E-state index < -0.39 is 9.84 Å². The van der Waals surface area contributed by atoms with Gasteiger partial charge in [-0.3, -0.25) is 9.79 Å². The van der Waals surface area contributed by atoms with Crippen molar-refractivity contribution in [2.24, 2.45) is 4.99 Å². The lowest BCUT2D eigenvalue weighted by Crippen LogP contribution is -2.40. The molecular formula is C16H28IN5O3S2. The molecule has 1 atom stereocenters. The summed E-state index contributed by atoms with van der Waals surface area (Å²) in [5, 5.41) is 12.1. The third kappa shape index (κ3) is 8.30. The maximum atomic E-state index is 11.9. The molecule has 3 N–H and O–H groups in total. The Morgan fingerprint density at radius 3 is 2.70 bits per heavy atom. The monoisotopic (exact) mass is 529 g/mol. The Morgan fingerprint density at radius 2 is 2.15 bits per heavy atom. The molecule has 1 fully saturated rings. The highest BCUT2D eigenvalue weighted by molar-refractivity contribution is 14.0. The number of hydrogen-bond donors (Lipinski definition) is 3. The molecule has 0 saturated carbocycles. The molecule has 1 aromatic heterocycles. The van der Waals surface area contributed by atoms with Crippen LogP contribution in [0.2, 0.25) is 0 Å². The van der Waals surface area contributed by atoms with E-state index in [0.717, 1.165) is 10.7 Å². The summed E-state index contributed by atoms with van der Waals surface area (Å²) in [6.45, 7) is 5.21. The zero-order chi connectivity index (χ0) is 19.2. The van der Waals surface area contributed by atoms with Crippen molar-refractivity contribution in [3.05, 3.63) is 16.1 Å². The van der Waals surface area contributed by atoms with Gasteiger partial charge in [-0.15, -0.1) is 35.3 Å². The Bertz CT molecular complexity index is 749. The van der Waals surface area contributed by atoms with E-state index in [1.165, 1.54) is 0 Å². The van der Waals surface area contributed by atoms with Crippen LogP contribution in [0.3, 0.4) is 0 Å². The Labute approximate surface area is 182 Å². The van der Waals surface area contributed by atoms with Crippen LogP contribution in [0, 0.1) is 0 Å². The fraction of sp³-hybridized carbons (Fsp3) is 0.688. The molecule has 0 aromatic carbocycles. The minimum atomic E-state index is -2.98. The number of nitrogens with zero attached hydrogens (tertiary/aromatic N) is 2. The first-order valence-corrected chi connectivity index (χ1v) is 11.4. The van der Waals surface area contributed by atoms with Crippen molar-refractivity contribution >= 4 is 57.0 Å². The van der Waals surface area contributed by atoms with Crippen molar-refractivity contribution in [1.82, 2.24) is 20.9 Å². The van der Waals surface area contributed by atoms with Gasteiger partial charge in [-0.25, -0.2) is 13.4 Å². The average molecular weight is 529 g/mol. The van der Waals surface area contributed by atoms with Crippen LogP contribution in [0.15, 0.2) is 10.4 Å². The third-order valence-electron chi connectivity index (χ3n) is 4.03. The summed E-state index contributed by atoms with van der Waals surface area (Å²) in [4.78, 5) is 20.6. The van der Waals surface area contributed by atoms with Crippen molar-refractivity contribution in [3.63, 3.8) is 0 Å². The highest BCUT2D eigenvalue weighted by Crippen LogP contribution is 2.17. The third-order valence-corrected chi connectivity index (χ3v) is 6.67. The summed E-state index contributed by atoms with van der Waals surface area (Å²) in [6, 6.07) is -0.259. The van der Waals surface area contributed by atoms with Crippen LogP contribution in [0.25, 0.3) is 0 Å². The number of guanidine groups is 1. The number of carbonyl (C=O) groups is 1. The predicted octanol–water partition coefficient (Wildman–Crippen LogP) is 1.24. The topological polar surface area (TPSA) is 113 Å². The van der Waals surface area contributed by atoms with Gasteiger partial charge in [0.05, 0.1) is 23.7 Å². The second-order valence-electron chi connectivity index (χ2n) is 6.59. The molecule has 1 aromatic rings. The van der Waals surface area contributed by atoms with Gasteiger partial charge in [0.2, 0.25) is 5.91 Å². The smallest absolute Gasteiger partial charge is 0.222 e. The van der Waals surface area contributed by atoms with Crippen LogP contribution in [-0.4, -0.2) is 56.4 Å². The van der Waals surface area contributed by atoms with Gasteiger partial charge in [0.1, 0.15) is 5.01 Å². The van der Waals surface area contributed by atoms with Crippen molar-refractivity contribution in [3.8, 4) is 0 Å². The fourth-order valence-corrected chi connectivity index (χ4v) is 5.12. The van der Waals surface area contributed by atoms with Crippen LogP contribution in [0.4, 0.5) is 0 Å². The van der Waals surface area contributed by atoms with Crippen molar-refractivity contribution in [2.75, 3.05) is 25.1 Å². The zero-order valence-corrected chi connectivity index (χ0v) is 19.8. The number of aliphatic imine (C=N–C) groups is 1. The van der Waals surface area contributed by atoms with E-state index in [9.17, 15) is 13.2 Å². The molecule has 0 aliphatic carbocycles. The largest absolute Gasteiger partial charge is 0.356 e. The molecule has 2 heterocycles. The standard InChI is InChI=1S/C16H27N5O3S2.HI/c1-11(2)13-9-25-15(21-13)8-19-16(17-3)18-6-4-14(22)20-12-5-7-26(23,24)10-12;/h9,11-12H,4-8,10H2,1-3H3,(H,20,22)(H2,17,18,19);1H. The van der Waals surface area contributed by atoms with E-state index in [0.29, 0.717) is 31.4 Å². The summed E-state index contributed by atoms with van der Waals surface area (Å²) in [5.41, 5.74) is 1.08. The van der Waals surface area contributed by atoms with Crippen molar-refractivity contribution in [2.45, 2.75) is 45.2 Å². The van der Waals surface area contributed by atoms with Crippen LogP contribution >= 0.6 is 35.3 Å². The lowest BCUT2D eigenvalue weighted by molar-refractivity contribution is -0.121. The van der Waals surface area contributed by atoms with Gasteiger partial charge in [-0.1, -0.05) is 13.8 Å². The van der Waals surface area contributed by atoms with Crippen molar-refractivity contribution < 1.29 is 13.2 Å². The summed E-state index contributed by atoms with van der Waals surface area (Å²) in [5.74, 6) is 1.05. The predicted molar refractivity (Wildman–Crippen MR) is 120 cm³/mol. The number of rotatable bonds is 7. The average Bonchev–Trinajstić information content (AvgIpc) is 3.17. The van der Waals surface area contributed by atoms with Crippen LogP contribution in [0.5, 0.6) is 0 Å². The van der Waals surface area contributed by atoms with Crippen LogP contribution in [0.1, 0.15) is 43.3 Å². The van der Waals surface area contributed by atoms with Gasteiger partial charge in [0, 0.05) is 31.4 Å². The van der Waals surface area contributed by atoms with Crippen LogP contribution < -0.4 is 16.0 Å². The molecule has 1 aliphatic rings. The van der Waals surface area contributed by atoms with Crippen molar-refractivity contribution in [1.29, 1.82) is 0 Å². The first-order chi connectivity index (χ1) is 12.3. The lowest BCUT2D eigenvalue weighted by atomic mass is 10.2. The number of sulfone groups is 1. The highest BCUT2D eigenvalue weighted by Gasteiger charge is 2.28. The van der Waals surface area contributed by atoms with E-state index in [1.54, 1.807) is 18.4 Å². The molecule has 2 rings (SSSR count). The van der Waals surface area contributed by atoms with Gasteiger partial charge < -0.3 is 16.0 Å². The molecule has 0 radical (unpaired) electrons. The maximum absolute atomic E-state index is 11.9. The first-order valence-electron chi connectivity index (χ1n) is 8.67. The SMILES string of the molecule is CN=C(NCCC(=O)NC1CCS(=O)(=O)C1)NCc1nc(C(C)C)cs1.I. The molecule has 1 saturated heterocycles. The molecule has 1 aliphatic heterocycles. The number of aromatic nitrogens is 1. The van der Waals surface area contributed by atoms with Crippen LogP contribution in [-0.2, 0) is 21.2 Å². The Hall–Kier alpha value is -0.950. The molecule has 27 heavy (non-hydrogen) atoms. The second kappa shape index (κ2) is 11.1. The molecule has 0 spiro atoms. The molecule has 8 nitrogen and oxygen atoms in total. The number of hydrogen-bond acceptors (Lipinski definition) is 6. The number of carbonyl (C=O) groups excluding carboxylic acids is 1. The van der Waals surface area contributed by atoms with Gasteiger partial charge in [0.25, 0.3) is 0 Å². The summed E-state index contributed by atoms with van der Waals surface area (Å²) in [6.07, 6.45) is 0.753. The highest BCUT2D eigenvalue weighted by atomic mass is 127. The number of thiazole rings is 1. The zero-order valence-electron chi connectivity index (χ0n) is 15.8. The fourth-order valence-electron chi connectivity index (χ4n) is 2.55.